The number of carbonyl (C=O) groups is 1. The molecule has 1 amide bonds. The number of amides is 1. The Morgan fingerprint density at radius 3 is 2.87 bits per heavy atom. The molecule has 5 heteroatoms. The van der Waals surface area contributed by atoms with E-state index < -0.39 is 0 Å². The van der Waals surface area contributed by atoms with Gasteiger partial charge in [-0.1, -0.05) is 26.7 Å². The second-order valence-electron chi connectivity index (χ2n) is 6.38. The molecule has 1 unspecified atom stereocenters. The Morgan fingerprint density at radius 1 is 1.30 bits per heavy atom. The summed E-state index contributed by atoms with van der Waals surface area (Å²) in [6.07, 6.45) is 7.94. The third-order valence-electron chi connectivity index (χ3n) is 4.50. The predicted molar refractivity (Wildman–Crippen MR) is 93.8 cm³/mol. The fourth-order valence-electron chi connectivity index (χ4n) is 3.20. The van der Waals surface area contributed by atoms with Crippen molar-refractivity contribution in [2.45, 2.75) is 71.8 Å². The van der Waals surface area contributed by atoms with Crippen LogP contribution < -0.4 is 5.32 Å². The number of rotatable bonds is 7. The van der Waals surface area contributed by atoms with E-state index in [4.69, 9.17) is 0 Å². The first-order chi connectivity index (χ1) is 11.2. The molecule has 1 N–H and O–H groups in total. The van der Waals surface area contributed by atoms with E-state index in [1.54, 1.807) is 0 Å². The van der Waals surface area contributed by atoms with Gasteiger partial charge in [-0.2, -0.15) is 0 Å². The van der Waals surface area contributed by atoms with E-state index in [0.29, 0.717) is 17.6 Å². The monoisotopic (exact) mass is 318 g/mol. The lowest BCUT2D eigenvalue weighted by Crippen LogP contribution is -2.43. The standard InChI is InChI=1S/C18H30N4O/c1-4-6-8-11-19-17-13-16(20-14(3)21-17)18(23)22-12-9-7-10-15(22)5-2/h13,15H,4-12H2,1-3H3,(H,19,20,21). The number of carbonyl (C=O) groups excluding carboxylic acids is 1. The number of unbranched alkanes of at least 4 members (excludes halogenated alkanes) is 2. The number of aromatic nitrogens is 2. The van der Waals surface area contributed by atoms with Crippen molar-refractivity contribution in [2.75, 3.05) is 18.4 Å². The van der Waals surface area contributed by atoms with Crippen LogP contribution in [0.2, 0.25) is 0 Å². The SMILES string of the molecule is CCCCCNc1cc(C(=O)N2CCCCC2CC)nc(C)n1. The highest BCUT2D eigenvalue weighted by atomic mass is 16.2. The molecule has 128 valence electrons. The van der Waals surface area contributed by atoms with Gasteiger partial charge in [-0.3, -0.25) is 4.79 Å². The molecule has 0 spiro atoms. The van der Waals surface area contributed by atoms with Gasteiger partial charge in [0, 0.05) is 25.2 Å². The maximum absolute atomic E-state index is 12.9. The minimum atomic E-state index is 0.0543. The largest absolute Gasteiger partial charge is 0.370 e. The van der Waals surface area contributed by atoms with E-state index in [0.717, 1.165) is 44.6 Å². The molecule has 1 saturated heterocycles. The molecule has 1 aliphatic heterocycles. The van der Waals surface area contributed by atoms with Gasteiger partial charge in [0.25, 0.3) is 5.91 Å². The molecular weight excluding hydrogens is 288 g/mol. The van der Waals surface area contributed by atoms with Crippen LogP contribution >= 0.6 is 0 Å². The van der Waals surface area contributed by atoms with E-state index in [2.05, 4.69) is 29.1 Å². The smallest absolute Gasteiger partial charge is 0.272 e. The van der Waals surface area contributed by atoms with Gasteiger partial charge in [-0.05, 0) is 39.0 Å². The van der Waals surface area contributed by atoms with Crippen LogP contribution in [-0.4, -0.2) is 39.9 Å². The Balaban J connectivity index is 2.08. The molecule has 1 fully saturated rings. The topological polar surface area (TPSA) is 58.1 Å². The third-order valence-corrected chi connectivity index (χ3v) is 4.50. The van der Waals surface area contributed by atoms with Crippen molar-refractivity contribution in [1.82, 2.24) is 14.9 Å². The van der Waals surface area contributed by atoms with Gasteiger partial charge in [0.05, 0.1) is 0 Å². The number of nitrogens with one attached hydrogen (secondary N) is 1. The number of likely N-dealkylation sites (tertiary alicyclic amines) is 1. The zero-order valence-corrected chi connectivity index (χ0v) is 14.8. The van der Waals surface area contributed by atoms with Crippen molar-refractivity contribution < 1.29 is 4.79 Å². The third kappa shape index (κ3) is 4.91. The van der Waals surface area contributed by atoms with E-state index in [1.165, 1.54) is 19.3 Å². The van der Waals surface area contributed by atoms with Crippen LogP contribution in [0.25, 0.3) is 0 Å². The summed E-state index contributed by atoms with van der Waals surface area (Å²) in [4.78, 5) is 23.6. The molecule has 1 atom stereocenters. The summed E-state index contributed by atoms with van der Waals surface area (Å²) < 4.78 is 0. The Bertz CT molecular complexity index is 518. The summed E-state index contributed by atoms with van der Waals surface area (Å²) in [5, 5.41) is 3.32. The minimum absolute atomic E-state index is 0.0543. The van der Waals surface area contributed by atoms with Gasteiger partial charge in [0.1, 0.15) is 17.3 Å². The van der Waals surface area contributed by atoms with Crippen molar-refractivity contribution in [2.24, 2.45) is 0 Å². The van der Waals surface area contributed by atoms with Crippen molar-refractivity contribution in [3.63, 3.8) is 0 Å². The van der Waals surface area contributed by atoms with Crippen LogP contribution in [0.1, 0.15) is 75.1 Å². The predicted octanol–water partition coefficient (Wildman–Crippen LogP) is 3.79. The highest BCUT2D eigenvalue weighted by Gasteiger charge is 2.27. The normalized spacial score (nSPS) is 18.0. The molecule has 1 aliphatic rings. The first kappa shape index (κ1) is 17.7. The highest BCUT2D eigenvalue weighted by molar-refractivity contribution is 5.93. The molecule has 23 heavy (non-hydrogen) atoms. The van der Waals surface area contributed by atoms with Crippen LogP contribution in [0.15, 0.2) is 6.07 Å². The molecule has 2 heterocycles. The fourth-order valence-corrected chi connectivity index (χ4v) is 3.20. The molecule has 0 bridgehead atoms. The lowest BCUT2D eigenvalue weighted by molar-refractivity contribution is 0.0601. The Kier molecular flexibility index (Phi) is 6.81. The minimum Gasteiger partial charge on any atom is -0.370 e. The number of aryl methyl sites for hydroxylation is 1. The first-order valence-electron chi connectivity index (χ1n) is 9.06. The molecule has 1 aromatic rings. The van der Waals surface area contributed by atoms with E-state index in [1.807, 2.05) is 17.9 Å². The summed E-state index contributed by atoms with van der Waals surface area (Å²) in [6, 6.07) is 2.16. The van der Waals surface area contributed by atoms with Gasteiger partial charge in [-0.25, -0.2) is 9.97 Å². The number of piperidine rings is 1. The average Bonchev–Trinajstić information content (AvgIpc) is 2.57. The fraction of sp³-hybridized carbons (Fsp3) is 0.722. The summed E-state index contributed by atoms with van der Waals surface area (Å²) in [5.41, 5.74) is 0.524. The second kappa shape index (κ2) is 8.85. The molecule has 0 aliphatic carbocycles. The lowest BCUT2D eigenvalue weighted by atomic mass is 9.99. The van der Waals surface area contributed by atoms with Crippen LogP contribution in [0, 0.1) is 6.92 Å². The lowest BCUT2D eigenvalue weighted by Gasteiger charge is -2.35. The van der Waals surface area contributed by atoms with Crippen LogP contribution in [-0.2, 0) is 0 Å². The summed E-state index contributed by atoms with van der Waals surface area (Å²) in [5.74, 6) is 1.47. The molecule has 2 rings (SSSR count). The maximum Gasteiger partial charge on any atom is 0.272 e. The van der Waals surface area contributed by atoms with Gasteiger partial charge in [-0.15, -0.1) is 0 Å². The molecule has 0 radical (unpaired) electrons. The van der Waals surface area contributed by atoms with Gasteiger partial charge in [0.15, 0.2) is 0 Å². The van der Waals surface area contributed by atoms with Crippen LogP contribution in [0.4, 0.5) is 5.82 Å². The van der Waals surface area contributed by atoms with Gasteiger partial charge < -0.3 is 10.2 Å². The second-order valence-corrected chi connectivity index (χ2v) is 6.38. The zero-order chi connectivity index (χ0) is 16.7. The maximum atomic E-state index is 12.9. The van der Waals surface area contributed by atoms with Gasteiger partial charge >= 0.3 is 0 Å². The molecule has 1 aromatic heterocycles. The quantitative estimate of drug-likeness (QED) is 0.777. The van der Waals surface area contributed by atoms with Crippen molar-refractivity contribution in [1.29, 1.82) is 0 Å². The van der Waals surface area contributed by atoms with Crippen molar-refractivity contribution >= 4 is 11.7 Å². The average molecular weight is 318 g/mol. The molecule has 0 saturated carbocycles. The molecular formula is C18H30N4O. The Hall–Kier alpha value is -1.65. The molecule has 5 nitrogen and oxygen atoms in total. The molecule has 0 aromatic carbocycles. The Morgan fingerprint density at radius 2 is 2.13 bits per heavy atom. The summed E-state index contributed by atoms with van der Waals surface area (Å²) in [6.45, 7) is 7.93. The summed E-state index contributed by atoms with van der Waals surface area (Å²) >= 11 is 0. The highest BCUT2D eigenvalue weighted by Crippen LogP contribution is 2.22. The number of nitrogens with zero attached hydrogens (tertiary/aromatic N) is 3. The number of hydrogen-bond donors (Lipinski definition) is 1. The Labute approximate surface area is 139 Å². The van der Waals surface area contributed by atoms with Crippen molar-refractivity contribution in [3.05, 3.63) is 17.6 Å². The summed E-state index contributed by atoms with van der Waals surface area (Å²) in [7, 11) is 0. The van der Waals surface area contributed by atoms with Crippen LogP contribution in [0.3, 0.4) is 0 Å². The van der Waals surface area contributed by atoms with E-state index in [-0.39, 0.29) is 5.91 Å². The zero-order valence-electron chi connectivity index (χ0n) is 14.8. The number of hydrogen-bond acceptors (Lipinski definition) is 4. The van der Waals surface area contributed by atoms with Crippen LogP contribution in [0.5, 0.6) is 0 Å². The van der Waals surface area contributed by atoms with E-state index >= 15 is 0 Å². The number of anilines is 1. The van der Waals surface area contributed by atoms with E-state index in [9.17, 15) is 4.79 Å². The van der Waals surface area contributed by atoms with Gasteiger partial charge in [0.2, 0.25) is 0 Å². The first-order valence-corrected chi connectivity index (χ1v) is 9.06. The van der Waals surface area contributed by atoms with Crippen molar-refractivity contribution in [3.8, 4) is 0 Å².